The van der Waals surface area contributed by atoms with Crippen molar-refractivity contribution in [1.29, 1.82) is 0 Å². The number of carbonyl (C=O) groups excluding carboxylic acids is 1. The van der Waals surface area contributed by atoms with Crippen molar-refractivity contribution in [2.45, 2.75) is 46.1 Å². The lowest BCUT2D eigenvalue weighted by molar-refractivity contribution is -0.137. The summed E-state index contributed by atoms with van der Waals surface area (Å²) >= 11 is 6.23. The van der Waals surface area contributed by atoms with Crippen LogP contribution in [0.1, 0.15) is 50.4 Å². The van der Waals surface area contributed by atoms with E-state index in [-0.39, 0.29) is 18.4 Å². The average molecular weight is 358 g/mol. The Morgan fingerprint density at radius 1 is 1.29 bits per heavy atom. The minimum atomic E-state index is -0.893. The Kier molecular flexibility index (Phi) is 8.40. The Hall–Kier alpha value is -1.95. The van der Waals surface area contributed by atoms with Gasteiger partial charge in [0.2, 0.25) is 0 Å². The first-order chi connectivity index (χ1) is 11.4. The summed E-state index contributed by atoms with van der Waals surface area (Å²) in [6, 6.07) is 2.84. The van der Waals surface area contributed by atoms with Crippen LogP contribution in [-0.2, 0) is 4.79 Å². The number of hydrogen-bond donors (Lipinski definition) is 2. The van der Waals surface area contributed by atoms with Crippen LogP contribution in [0.2, 0.25) is 5.02 Å². The molecule has 1 atom stereocenters. The molecule has 134 valence electrons. The number of ether oxygens (including phenoxy) is 2. The van der Waals surface area contributed by atoms with E-state index in [1.165, 1.54) is 6.07 Å². The Labute approximate surface area is 147 Å². The van der Waals surface area contributed by atoms with Gasteiger partial charge >= 0.3 is 5.97 Å². The zero-order valence-corrected chi connectivity index (χ0v) is 15.0. The summed E-state index contributed by atoms with van der Waals surface area (Å²) in [5, 5.41) is 11.7. The van der Waals surface area contributed by atoms with Crippen molar-refractivity contribution in [3.63, 3.8) is 0 Å². The Morgan fingerprint density at radius 3 is 2.58 bits per heavy atom. The first-order valence-corrected chi connectivity index (χ1v) is 8.38. The molecule has 0 aliphatic carbocycles. The van der Waals surface area contributed by atoms with Crippen LogP contribution in [0.25, 0.3) is 0 Å². The van der Waals surface area contributed by atoms with Gasteiger partial charge in [0.1, 0.15) is 0 Å². The third kappa shape index (κ3) is 6.28. The smallest absolute Gasteiger partial charge is 0.303 e. The molecule has 0 aliphatic rings. The lowest BCUT2D eigenvalue weighted by Gasteiger charge is -2.16. The van der Waals surface area contributed by atoms with E-state index in [0.717, 1.165) is 6.42 Å². The summed E-state index contributed by atoms with van der Waals surface area (Å²) in [6.45, 7) is 6.48. The minimum absolute atomic E-state index is 0.00378. The van der Waals surface area contributed by atoms with Crippen LogP contribution < -0.4 is 14.8 Å². The molecule has 24 heavy (non-hydrogen) atoms. The second-order valence-electron chi connectivity index (χ2n) is 5.37. The SMILES string of the molecule is CCCOc1c(Cl)cc(C(=O)NC(C)CCC(=O)O)cc1OCC. The molecule has 1 rings (SSSR count). The Morgan fingerprint density at radius 2 is 2.00 bits per heavy atom. The molecular weight excluding hydrogens is 334 g/mol. The van der Waals surface area contributed by atoms with Crippen LogP contribution in [-0.4, -0.2) is 36.2 Å². The van der Waals surface area contributed by atoms with Gasteiger partial charge in [-0.2, -0.15) is 0 Å². The number of benzene rings is 1. The van der Waals surface area contributed by atoms with E-state index in [1.54, 1.807) is 13.0 Å². The highest BCUT2D eigenvalue weighted by Gasteiger charge is 2.17. The fourth-order valence-corrected chi connectivity index (χ4v) is 2.29. The minimum Gasteiger partial charge on any atom is -0.490 e. The van der Waals surface area contributed by atoms with Crippen molar-refractivity contribution in [3.05, 3.63) is 22.7 Å². The normalized spacial score (nSPS) is 11.7. The zero-order chi connectivity index (χ0) is 18.1. The van der Waals surface area contributed by atoms with Gasteiger partial charge in [-0.15, -0.1) is 0 Å². The second-order valence-corrected chi connectivity index (χ2v) is 5.78. The number of rotatable bonds is 10. The quantitative estimate of drug-likeness (QED) is 0.669. The molecule has 2 N–H and O–H groups in total. The molecule has 1 aromatic rings. The van der Waals surface area contributed by atoms with E-state index >= 15 is 0 Å². The van der Waals surface area contributed by atoms with E-state index in [0.29, 0.717) is 41.7 Å². The topological polar surface area (TPSA) is 84.9 Å². The summed E-state index contributed by atoms with van der Waals surface area (Å²) in [6.07, 6.45) is 1.17. The molecule has 6 nitrogen and oxygen atoms in total. The van der Waals surface area contributed by atoms with Crippen molar-refractivity contribution in [1.82, 2.24) is 5.32 Å². The molecule has 1 unspecified atom stereocenters. The Bertz CT molecular complexity index is 576. The maximum absolute atomic E-state index is 12.3. The van der Waals surface area contributed by atoms with Gasteiger partial charge in [-0.1, -0.05) is 18.5 Å². The van der Waals surface area contributed by atoms with Gasteiger partial charge in [0.15, 0.2) is 11.5 Å². The number of hydrogen-bond acceptors (Lipinski definition) is 4. The highest BCUT2D eigenvalue weighted by atomic mass is 35.5. The van der Waals surface area contributed by atoms with E-state index in [4.69, 9.17) is 26.2 Å². The van der Waals surface area contributed by atoms with Gasteiger partial charge in [0.05, 0.1) is 18.2 Å². The summed E-state index contributed by atoms with van der Waals surface area (Å²) in [5.74, 6) is -0.384. The highest BCUT2D eigenvalue weighted by molar-refractivity contribution is 6.32. The van der Waals surface area contributed by atoms with Crippen LogP contribution in [0, 0.1) is 0 Å². The predicted molar refractivity (Wildman–Crippen MR) is 92.2 cm³/mol. The maximum Gasteiger partial charge on any atom is 0.303 e. The van der Waals surface area contributed by atoms with Crippen molar-refractivity contribution < 1.29 is 24.2 Å². The third-order valence-corrected chi connectivity index (χ3v) is 3.47. The van der Waals surface area contributed by atoms with Crippen LogP contribution in [0.5, 0.6) is 11.5 Å². The number of carboxylic acids is 1. The Balaban J connectivity index is 2.90. The maximum atomic E-state index is 12.3. The summed E-state index contributed by atoms with van der Waals surface area (Å²) in [7, 11) is 0. The zero-order valence-electron chi connectivity index (χ0n) is 14.2. The monoisotopic (exact) mass is 357 g/mol. The molecule has 0 saturated heterocycles. The molecule has 1 amide bonds. The van der Waals surface area contributed by atoms with Crippen molar-refractivity contribution in [2.24, 2.45) is 0 Å². The highest BCUT2D eigenvalue weighted by Crippen LogP contribution is 2.36. The largest absolute Gasteiger partial charge is 0.490 e. The summed E-state index contributed by atoms with van der Waals surface area (Å²) < 4.78 is 11.1. The standard InChI is InChI=1S/C17H24ClNO5/c1-4-8-24-16-13(18)9-12(10-14(16)23-5-2)17(22)19-11(3)6-7-15(20)21/h9-11H,4-8H2,1-3H3,(H,19,22)(H,20,21). The van der Waals surface area contributed by atoms with Crippen LogP contribution >= 0.6 is 11.6 Å². The van der Waals surface area contributed by atoms with E-state index in [1.807, 2.05) is 13.8 Å². The molecule has 0 saturated carbocycles. The molecule has 0 aliphatic heterocycles. The van der Waals surface area contributed by atoms with Crippen LogP contribution in [0.4, 0.5) is 0 Å². The van der Waals surface area contributed by atoms with Gasteiger partial charge in [0, 0.05) is 18.0 Å². The molecule has 7 heteroatoms. The number of halogens is 1. The summed E-state index contributed by atoms with van der Waals surface area (Å²) in [4.78, 5) is 22.9. The van der Waals surface area contributed by atoms with Gasteiger partial charge in [-0.05, 0) is 38.8 Å². The number of carbonyl (C=O) groups is 2. The van der Waals surface area contributed by atoms with E-state index < -0.39 is 5.97 Å². The molecule has 0 fully saturated rings. The van der Waals surface area contributed by atoms with Crippen molar-refractivity contribution in [3.8, 4) is 11.5 Å². The van der Waals surface area contributed by atoms with E-state index in [2.05, 4.69) is 5.32 Å². The number of aliphatic carboxylic acids is 1. The molecule has 0 aromatic heterocycles. The molecule has 0 bridgehead atoms. The first-order valence-electron chi connectivity index (χ1n) is 8.00. The number of amides is 1. The van der Waals surface area contributed by atoms with E-state index in [9.17, 15) is 9.59 Å². The predicted octanol–water partition coefficient (Wildman–Crippen LogP) is 3.51. The van der Waals surface area contributed by atoms with Crippen molar-refractivity contribution in [2.75, 3.05) is 13.2 Å². The molecular formula is C17H24ClNO5. The number of nitrogens with one attached hydrogen (secondary N) is 1. The lowest BCUT2D eigenvalue weighted by Crippen LogP contribution is -2.33. The van der Waals surface area contributed by atoms with Gasteiger partial charge in [-0.25, -0.2) is 0 Å². The van der Waals surface area contributed by atoms with Gasteiger partial charge < -0.3 is 19.9 Å². The van der Waals surface area contributed by atoms with Gasteiger partial charge in [0.25, 0.3) is 5.91 Å². The molecule has 0 spiro atoms. The second kappa shape index (κ2) is 10.0. The number of carboxylic acid groups (broad SMARTS) is 1. The molecule has 0 radical (unpaired) electrons. The summed E-state index contributed by atoms with van der Waals surface area (Å²) in [5.41, 5.74) is 0.342. The molecule has 0 heterocycles. The van der Waals surface area contributed by atoms with Crippen LogP contribution in [0.3, 0.4) is 0 Å². The van der Waals surface area contributed by atoms with Crippen molar-refractivity contribution >= 4 is 23.5 Å². The lowest BCUT2D eigenvalue weighted by atomic mass is 10.1. The average Bonchev–Trinajstić information content (AvgIpc) is 2.52. The van der Waals surface area contributed by atoms with Gasteiger partial charge in [-0.3, -0.25) is 9.59 Å². The first kappa shape index (κ1) is 20.1. The fourth-order valence-electron chi connectivity index (χ4n) is 2.03. The molecule has 1 aromatic carbocycles. The third-order valence-electron chi connectivity index (χ3n) is 3.19. The van der Waals surface area contributed by atoms with Crippen LogP contribution in [0.15, 0.2) is 12.1 Å². The fraction of sp³-hybridized carbons (Fsp3) is 0.529.